The van der Waals surface area contributed by atoms with E-state index in [-0.39, 0.29) is 24.7 Å². The second-order valence-electron chi connectivity index (χ2n) is 6.19. The van der Waals surface area contributed by atoms with Crippen LogP contribution in [-0.2, 0) is 11.2 Å². The van der Waals surface area contributed by atoms with Crippen LogP contribution in [0.25, 0.3) is 11.6 Å². The van der Waals surface area contributed by atoms with Gasteiger partial charge in [-0.1, -0.05) is 5.16 Å². The molecule has 0 bridgehead atoms. The summed E-state index contributed by atoms with van der Waals surface area (Å²) in [6, 6.07) is 1.69. The number of anilines is 1. The fourth-order valence-corrected chi connectivity index (χ4v) is 3.01. The summed E-state index contributed by atoms with van der Waals surface area (Å²) < 4.78 is 36.3. The van der Waals surface area contributed by atoms with Gasteiger partial charge in [0, 0.05) is 38.5 Å². The van der Waals surface area contributed by atoms with Gasteiger partial charge in [-0.2, -0.15) is 4.98 Å². The molecule has 2 aromatic heterocycles. The van der Waals surface area contributed by atoms with Crippen molar-refractivity contribution in [2.24, 2.45) is 5.92 Å². The Hall–Kier alpha value is -2.16. The molecule has 4 rings (SSSR count). The Morgan fingerprint density at radius 1 is 1.21 bits per heavy atom. The molecule has 7 nitrogen and oxygen atoms in total. The van der Waals surface area contributed by atoms with Crippen molar-refractivity contribution in [2.75, 3.05) is 31.2 Å². The van der Waals surface area contributed by atoms with Gasteiger partial charge in [0.25, 0.3) is 5.89 Å². The molecular formula is C15H17F2N5O2. The Balaban J connectivity index is 1.46. The van der Waals surface area contributed by atoms with Crippen molar-refractivity contribution < 1.29 is 18.0 Å². The second-order valence-corrected chi connectivity index (χ2v) is 6.19. The fraction of sp³-hybridized carbons (Fsp3) is 0.600. The molecule has 2 aliphatic rings. The normalized spacial score (nSPS) is 20.8. The smallest absolute Gasteiger partial charge is 0.276 e. The lowest BCUT2D eigenvalue weighted by atomic mass is 9.79. The van der Waals surface area contributed by atoms with Crippen LogP contribution < -0.4 is 4.90 Å². The van der Waals surface area contributed by atoms with Crippen LogP contribution in [-0.4, -0.2) is 52.3 Å². The third-order valence-corrected chi connectivity index (χ3v) is 4.27. The summed E-state index contributed by atoms with van der Waals surface area (Å²) in [7, 11) is 0. The first-order chi connectivity index (χ1) is 11.6. The third-order valence-electron chi connectivity index (χ3n) is 4.27. The molecule has 1 saturated heterocycles. The molecule has 0 spiro atoms. The highest BCUT2D eigenvalue weighted by molar-refractivity contribution is 5.49. The van der Waals surface area contributed by atoms with Gasteiger partial charge in [-0.3, -0.25) is 0 Å². The van der Waals surface area contributed by atoms with Crippen molar-refractivity contribution in [3.05, 3.63) is 18.1 Å². The van der Waals surface area contributed by atoms with Crippen molar-refractivity contribution in [1.29, 1.82) is 0 Å². The summed E-state index contributed by atoms with van der Waals surface area (Å²) in [6.07, 6.45) is 1.83. The second kappa shape index (κ2) is 6.04. The van der Waals surface area contributed by atoms with Crippen LogP contribution in [0.15, 0.2) is 16.8 Å². The van der Waals surface area contributed by atoms with Gasteiger partial charge < -0.3 is 14.2 Å². The molecule has 1 aliphatic heterocycles. The lowest BCUT2D eigenvalue weighted by Crippen LogP contribution is -2.37. The van der Waals surface area contributed by atoms with Crippen LogP contribution in [0.3, 0.4) is 0 Å². The van der Waals surface area contributed by atoms with E-state index in [0.717, 1.165) is 13.1 Å². The Labute approximate surface area is 137 Å². The van der Waals surface area contributed by atoms with Crippen LogP contribution in [0, 0.1) is 5.92 Å². The molecular weight excluding hydrogens is 320 g/mol. The van der Waals surface area contributed by atoms with Gasteiger partial charge >= 0.3 is 0 Å². The van der Waals surface area contributed by atoms with E-state index in [1.807, 2.05) is 4.90 Å². The molecule has 2 fully saturated rings. The molecule has 24 heavy (non-hydrogen) atoms. The van der Waals surface area contributed by atoms with Crippen molar-refractivity contribution in [1.82, 2.24) is 20.1 Å². The lowest BCUT2D eigenvalue weighted by molar-refractivity contribution is -0.110. The lowest BCUT2D eigenvalue weighted by Gasteiger charge is -2.34. The van der Waals surface area contributed by atoms with Crippen molar-refractivity contribution in [2.45, 2.75) is 25.2 Å². The minimum Gasteiger partial charge on any atom is -0.378 e. The van der Waals surface area contributed by atoms with Crippen LogP contribution >= 0.6 is 0 Å². The summed E-state index contributed by atoms with van der Waals surface area (Å²) in [6.45, 7) is 2.75. The maximum atomic E-state index is 12.9. The average Bonchev–Trinajstić information content (AvgIpc) is 3.03. The number of aromatic nitrogens is 4. The SMILES string of the molecule is FC1(F)CC(Cc2noc(-c3ccnc(N4CCOCC4)n3)n2)C1. The van der Waals surface area contributed by atoms with E-state index in [9.17, 15) is 8.78 Å². The Morgan fingerprint density at radius 2 is 2.00 bits per heavy atom. The first-order valence-corrected chi connectivity index (χ1v) is 7.96. The number of hydrogen-bond donors (Lipinski definition) is 0. The summed E-state index contributed by atoms with van der Waals surface area (Å²) >= 11 is 0. The first-order valence-electron chi connectivity index (χ1n) is 7.96. The molecule has 9 heteroatoms. The highest BCUT2D eigenvalue weighted by atomic mass is 19.3. The molecule has 1 saturated carbocycles. The largest absolute Gasteiger partial charge is 0.378 e. The number of hydrogen-bond acceptors (Lipinski definition) is 7. The predicted octanol–water partition coefficient (Wildman–Crippen LogP) is 1.95. The van der Waals surface area contributed by atoms with Crippen molar-refractivity contribution >= 4 is 5.95 Å². The number of nitrogens with zero attached hydrogens (tertiary/aromatic N) is 5. The summed E-state index contributed by atoms with van der Waals surface area (Å²) in [5, 5.41) is 3.88. The molecule has 0 amide bonds. The van der Waals surface area contributed by atoms with E-state index >= 15 is 0 Å². The van der Waals surface area contributed by atoms with E-state index in [2.05, 4.69) is 20.1 Å². The standard InChI is InChI=1S/C15H17F2N5O2/c16-15(17)8-10(9-15)7-12-20-13(24-21-12)11-1-2-18-14(19-11)22-3-5-23-6-4-22/h1-2,10H,3-9H2. The summed E-state index contributed by atoms with van der Waals surface area (Å²) in [4.78, 5) is 15.0. The van der Waals surface area contributed by atoms with Gasteiger partial charge in [0.2, 0.25) is 11.9 Å². The Kier molecular flexibility index (Phi) is 3.87. The van der Waals surface area contributed by atoms with E-state index < -0.39 is 5.92 Å². The van der Waals surface area contributed by atoms with Crippen LogP contribution in [0.5, 0.6) is 0 Å². The van der Waals surface area contributed by atoms with Gasteiger partial charge in [0.05, 0.1) is 13.2 Å². The van der Waals surface area contributed by atoms with Gasteiger partial charge in [0.1, 0.15) is 5.69 Å². The predicted molar refractivity (Wildman–Crippen MR) is 79.7 cm³/mol. The monoisotopic (exact) mass is 337 g/mol. The van der Waals surface area contributed by atoms with E-state index in [1.54, 1.807) is 12.3 Å². The maximum absolute atomic E-state index is 12.9. The first kappa shape index (κ1) is 15.4. The van der Waals surface area contributed by atoms with Crippen LogP contribution in [0.2, 0.25) is 0 Å². The molecule has 2 aromatic rings. The van der Waals surface area contributed by atoms with Gasteiger partial charge in [-0.25, -0.2) is 18.7 Å². The number of morpholine rings is 1. The minimum absolute atomic E-state index is 0.0836. The molecule has 0 atom stereocenters. The van der Waals surface area contributed by atoms with Gasteiger partial charge in [-0.15, -0.1) is 0 Å². The molecule has 1 aliphatic carbocycles. The van der Waals surface area contributed by atoms with Crippen molar-refractivity contribution in [3.8, 4) is 11.6 Å². The van der Waals surface area contributed by atoms with Crippen molar-refractivity contribution in [3.63, 3.8) is 0 Å². The van der Waals surface area contributed by atoms with Crippen LogP contribution in [0.1, 0.15) is 18.7 Å². The number of halogens is 2. The van der Waals surface area contributed by atoms with E-state index in [1.165, 1.54) is 0 Å². The number of ether oxygens (including phenoxy) is 1. The third kappa shape index (κ3) is 3.21. The number of rotatable bonds is 4. The maximum Gasteiger partial charge on any atom is 0.276 e. The van der Waals surface area contributed by atoms with E-state index in [4.69, 9.17) is 9.26 Å². The zero-order valence-electron chi connectivity index (χ0n) is 13.0. The average molecular weight is 337 g/mol. The number of alkyl halides is 2. The quantitative estimate of drug-likeness (QED) is 0.844. The highest BCUT2D eigenvalue weighted by Gasteiger charge is 2.45. The van der Waals surface area contributed by atoms with Gasteiger partial charge in [0.15, 0.2) is 5.82 Å². The topological polar surface area (TPSA) is 77.2 Å². The molecule has 0 N–H and O–H groups in total. The zero-order valence-corrected chi connectivity index (χ0v) is 13.0. The molecule has 3 heterocycles. The fourth-order valence-electron chi connectivity index (χ4n) is 3.01. The molecule has 0 aromatic carbocycles. The zero-order chi connectivity index (χ0) is 16.6. The summed E-state index contributed by atoms with van der Waals surface area (Å²) in [5.41, 5.74) is 0.532. The molecule has 128 valence electrons. The summed E-state index contributed by atoms with van der Waals surface area (Å²) in [5.74, 6) is -1.30. The minimum atomic E-state index is -2.53. The molecule has 0 radical (unpaired) electrons. The highest BCUT2D eigenvalue weighted by Crippen LogP contribution is 2.43. The Bertz CT molecular complexity index is 709. The van der Waals surface area contributed by atoms with E-state index in [0.29, 0.717) is 37.1 Å². The van der Waals surface area contributed by atoms with Crippen LogP contribution in [0.4, 0.5) is 14.7 Å². The Morgan fingerprint density at radius 3 is 2.75 bits per heavy atom. The molecule has 0 unspecified atom stereocenters. The van der Waals surface area contributed by atoms with Gasteiger partial charge in [-0.05, 0) is 12.0 Å².